The Kier molecular flexibility index (Phi) is 4.99. The number of aryl methyl sites for hydroxylation is 1. The molecule has 0 aromatic carbocycles. The van der Waals surface area contributed by atoms with E-state index in [-0.39, 0.29) is 23.8 Å². The van der Waals surface area contributed by atoms with E-state index in [1.165, 1.54) is 6.20 Å². The zero-order valence-electron chi connectivity index (χ0n) is 15.1. The molecule has 0 spiro atoms. The Labute approximate surface area is 151 Å². The molecule has 0 fully saturated rings. The molecule has 0 saturated carbocycles. The van der Waals surface area contributed by atoms with Crippen LogP contribution >= 0.6 is 0 Å². The number of carbonyl (C=O) groups excluding carboxylic acids is 1. The first kappa shape index (κ1) is 18.0. The zero-order chi connectivity index (χ0) is 18.8. The van der Waals surface area contributed by atoms with Crippen LogP contribution in [0.4, 0.5) is 0 Å². The molecule has 0 unspecified atom stereocenters. The van der Waals surface area contributed by atoms with E-state index < -0.39 is 5.97 Å². The van der Waals surface area contributed by atoms with Crippen molar-refractivity contribution in [3.8, 4) is 0 Å². The highest BCUT2D eigenvalue weighted by Gasteiger charge is 2.30. The third-order valence-electron chi connectivity index (χ3n) is 4.38. The molecule has 1 N–H and O–H groups in total. The van der Waals surface area contributed by atoms with Gasteiger partial charge in [-0.05, 0) is 21.0 Å². The Morgan fingerprint density at radius 2 is 2.04 bits per heavy atom. The predicted octanol–water partition coefficient (Wildman–Crippen LogP) is 0.440. The highest BCUT2D eigenvalue weighted by molar-refractivity contribution is 5.93. The molecular weight excluding hydrogens is 336 g/mol. The van der Waals surface area contributed by atoms with Gasteiger partial charge in [-0.1, -0.05) is 0 Å². The van der Waals surface area contributed by atoms with Gasteiger partial charge < -0.3 is 14.9 Å². The number of hydrogen-bond acceptors (Lipinski definition) is 6. The van der Waals surface area contributed by atoms with Gasteiger partial charge in [-0.25, -0.2) is 9.78 Å². The highest BCUT2D eigenvalue weighted by atomic mass is 16.4. The van der Waals surface area contributed by atoms with Gasteiger partial charge in [-0.3, -0.25) is 14.5 Å². The maximum Gasteiger partial charge on any atom is 0.356 e. The van der Waals surface area contributed by atoms with E-state index in [1.54, 1.807) is 22.7 Å². The van der Waals surface area contributed by atoms with Crippen molar-refractivity contribution >= 4 is 11.9 Å². The number of carbonyl (C=O) groups is 2. The average Bonchev–Trinajstić information content (AvgIpc) is 2.98. The van der Waals surface area contributed by atoms with Crippen molar-refractivity contribution in [2.45, 2.75) is 26.4 Å². The van der Waals surface area contributed by atoms with Crippen molar-refractivity contribution in [1.29, 1.82) is 0 Å². The van der Waals surface area contributed by atoms with Crippen molar-refractivity contribution < 1.29 is 14.7 Å². The second-order valence-corrected chi connectivity index (χ2v) is 6.63. The molecule has 0 bridgehead atoms. The number of likely N-dealkylation sites (N-methyl/N-ethyl adjacent to an activating group) is 1. The van der Waals surface area contributed by atoms with Crippen LogP contribution in [0.25, 0.3) is 0 Å². The minimum Gasteiger partial charge on any atom is -0.476 e. The third kappa shape index (κ3) is 3.57. The Hall–Kier alpha value is -2.81. The number of aromatic carboxylic acids is 1. The molecular formula is C17H22N6O3. The van der Waals surface area contributed by atoms with Crippen LogP contribution < -0.4 is 0 Å². The summed E-state index contributed by atoms with van der Waals surface area (Å²) in [6.45, 7) is 3.88. The smallest absolute Gasteiger partial charge is 0.356 e. The normalized spacial score (nSPS) is 13.8. The van der Waals surface area contributed by atoms with Gasteiger partial charge >= 0.3 is 5.97 Å². The topological polar surface area (TPSA) is 104 Å². The van der Waals surface area contributed by atoms with Crippen LogP contribution in [0.1, 0.15) is 37.9 Å². The SMILES string of the molecule is Cc1cnc(C(=O)N2CCc3c(c(C(=O)O)nn3CCN(C)C)C2)cn1. The first-order valence-electron chi connectivity index (χ1n) is 8.41. The number of rotatable bonds is 5. The molecule has 1 aliphatic rings. The summed E-state index contributed by atoms with van der Waals surface area (Å²) < 4.78 is 1.76. The quantitative estimate of drug-likeness (QED) is 0.827. The third-order valence-corrected chi connectivity index (χ3v) is 4.38. The predicted molar refractivity (Wildman–Crippen MR) is 93.0 cm³/mol. The number of aromatic nitrogens is 4. The summed E-state index contributed by atoms with van der Waals surface area (Å²) in [6.07, 6.45) is 3.56. The molecule has 2 aromatic heterocycles. The first-order valence-corrected chi connectivity index (χ1v) is 8.41. The molecule has 1 amide bonds. The van der Waals surface area contributed by atoms with Crippen molar-refractivity contribution in [2.24, 2.45) is 0 Å². The summed E-state index contributed by atoms with van der Waals surface area (Å²) in [6, 6.07) is 0. The van der Waals surface area contributed by atoms with E-state index in [9.17, 15) is 14.7 Å². The van der Waals surface area contributed by atoms with E-state index in [4.69, 9.17) is 0 Å². The standard InChI is InChI=1S/C17H22N6O3/c1-11-8-19-13(9-18-11)16(24)22-5-4-14-12(10-22)15(17(25)26)20-23(14)7-6-21(2)3/h8-9H,4-7,10H2,1-3H3,(H,25,26). The van der Waals surface area contributed by atoms with E-state index in [0.717, 1.165) is 17.9 Å². The summed E-state index contributed by atoms with van der Waals surface area (Å²) in [7, 11) is 3.91. The van der Waals surface area contributed by atoms with Crippen LogP contribution in [0.5, 0.6) is 0 Å². The Bertz CT molecular complexity index is 828. The molecule has 3 rings (SSSR count). The average molecular weight is 358 g/mol. The van der Waals surface area contributed by atoms with Gasteiger partial charge in [0.25, 0.3) is 5.91 Å². The molecule has 0 atom stereocenters. The number of amides is 1. The summed E-state index contributed by atoms with van der Waals surface area (Å²) in [5.74, 6) is -1.32. The van der Waals surface area contributed by atoms with Gasteiger partial charge in [0.1, 0.15) is 5.69 Å². The molecule has 0 radical (unpaired) electrons. The maximum atomic E-state index is 12.7. The Morgan fingerprint density at radius 1 is 1.27 bits per heavy atom. The van der Waals surface area contributed by atoms with Crippen molar-refractivity contribution in [2.75, 3.05) is 27.2 Å². The molecule has 0 aliphatic carbocycles. The Balaban J connectivity index is 1.85. The molecule has 3 heterocycles. The number of nitrogens with zero attached hydrogens (tertiary/aromatic N) is 6. The van der Waals surface area contributed by atoms with Crippen LogP contribution in [0.3, 0.4) is 0 Å². The van der Waals surface area contributed by atoms with Crippen LogP contribution in [0.15, 0.2) is 12.4 Å². The fourth-order valence-corrected chi connectivity index (χ4v) is 2.98. The number of hydrogen-bond donors (Lipinski definition) is 1. The molecule has 9 heteroatoms. The van der Waals surface area contributed by atoms with E-state index in [0.29, 0.717) is 25.1 Å². The number of carboxylic acid groups (broad SMARTS) is 1. The van der Waals surface area contributed by atoms with Crippen LogP contribution in [-0.4, -0.2) is 73.7 Å². The highest BCUT2D eigenvalue weighted by Crippen LogP contribution is 2.24. The lowest BCUT2D eigenvalue weighted by atomic mass is 10.0. The summed E-state index contributed by atoms with van der Waals surface area (Å²) >= 11 is 0. The van der Waals surface area contributed by atoms with Crippen molar-refractivity contribution in [1.82, 2.24) is 29.5 Å². The summed E-state index contributed by atoms with van der Waals surface area (Å²) in [5, 5.41) is 13.8. The minimum atomic E-state index is -1.07. The monoisotopic (exact) mass is 358 g/mol. The lowest BCUT2D eigenvalue weighted by molar-refractivity contribution is 0.0672. The largest absolute Gasteiger partial charge is 0.476 e. The minimum absolute atomic E-state index is 0.0197. The summed E-state index contributed by atoms with van der Waals surface area (Å²) in [5.41, 5.74) is 2.51. The van der Waals surface area contributed by atoms with Crippen molar-refractivity contribution in [3.63, 3.8) is 0 Å². The lowest BCUT2D eigenvalue weighted by Gasteiger charge is -2.27. The fourth-order valence-electron chi connectivity index (χ4n) is 2.98. The fraction of sp³-hybridized carbons (Fsp3) is 0.471. The van der Waals surface area contributed by atoms with Gasteiger partial charge in [-0.2, -0.15) is 5.10 Å². The van der Waals surface area contributed by atoms with Crippen LogP contribution in [0, 0.1) is 6.92 Å². The van der Waals surface area contributed by atoms with Crippen LogP contribution in [0.2, 0.25) is 0 Å². The van der Waals surface area contributed by atoms with Gasteiger partial charge in [0.15, 0.2) is 5.69 Å². The lowest BCUT2D eigenvalue weighted by Crippen LogP contribution is -2.37. The van der Waals surface area contributed by atoms with Gasteiger partial charge in [0.05, 0.1) is 25.0 Å². The van der Waals surface area contributed by atoms with E-state index >= 15 is 0 Å². The van der Waals surface area contributed by atoms with Gasteiger partial charge in [0.2, 0.25) is 0 Å². The second-order valence-electron chi connectivity index (χ2n) is 6.63. The Morgan fingerprint density at radius 3 is 2.65 bits per heavy atom. The molecule has 1 aliphatic heterocycles. The van der Waals surface area contributed by atoms with Gasteiger partial charge in [-0.15, -0.1) is 0 Å². The molecule has 9 nitrogen and oxygen atoms in total. The number of fused-ring (bicyclic) bond motifs is 1. The van der Waals surface area contributed by atoms with E-state index in [1.807, 2.05) is 19.0 Å². The summed E-state index contributed by atoms with van der Waals surface area (Å²) in [4.78, 5) is 36.1. The molecule has 26 heavy (non-hydrogen) atoms. The van der Waals surface area contributed by atoms with Crippen LogP contribution in [-0.2, 0) is 19.5 Å². The molecule has 138 valence electrons. The van der Waals surface area contributed by atoms with Crippen molar-refractivity contribution in [3.05, 3.63) is 40.7 Å². The first-order chi connectivity index (χ1) is 12.4. The van der Waals surface area contributed by atoms with E-state index in [2.05, 4.69) is 15.1 Å². The molecule has 0 saturated heterocycles. The zero-order valence-corrected chi connectivity index (χ0v) is 15.1. The second kappa shape index (κ2) is 7.20. The number of carboxylic acids is 1. The van der Waals surface area contributed by atoms with Gasteiger partial charge in [0, 0.05) is 37.0 Å². The maximum absolute atomic E-state index is 12.7. The molecule has 2 aromatic rings.